The van der Waals surface area contributed by atoms with Crippen molar-refractivity contribution in [3.05, 3.63) is 53.6 Å². The Balaban J connectivity index is 1.70. The molecule has 0 bridgehead atoms. The van der Waals surface area contributed by atoms with Gasteiger partial charge >= 0.3 is 0 Å². The zero-order valence-electron chi connectivity index (χ0n) is 14.6. The first-order chi connectivity index (χ1) is 12.8. The molecule has 4 rings (SSSR count). The van der Waals surface area contributed by atoms with E-state index in [0.717, 1.165) is 48.4 Å². The average Bonchev–Trinajstić information content (AvgIpc) is 3.25. The Hall–Kier alpha value is -3.27. The maximum Gasteiger partial charge on any atom is 0.174 e. The Morgan fingerprint density at radius 1 is 1.23 bits per heavy atom. The Kier molecular flexibility index (Phi) is 4.32. The van der Waals surface area contributed by atoms with Gasteiger partial charge in [0.15, 0.2) is 5.82 Å². The molecule has 2 aromatic heterocycles. The number of hydrogen-bond acceptors (Lipinski definition) is 5. The highest BCUT2D eigenvalue weighted by Crippen LogP contribution is 2.23. The molecule has 7 heteroatoms. The number of nitrogens with zero attached hydrogens (tertiary/aromatic N) is 7. The number of allylic oxidation sites excluding steroid dienone is 1. The van der Waals surface area contributed by atoms with Gasteiger partial charge in [0.25, 0.3) is 0 Å². The quantitative estimate of drug-likeness (QED) is 0.681. The highest BCUT2D eigenvalue weighted by Gasteiger charge is 2.17. The molecule has 3 heterocycles. The monoisotopic (exact) mass is 345 g/mol. The van der Waals surface area contributed by atoms with Crippen LogP contribution in [-0.2, 0) is 13.0 Å². The third-order valence-electron chi connectivity index (χ3n) is 4.67. The van der Waals surface area contributed by atoms with Crippen LogP contribution in [0.5, 0.6) is 0 Å². The molecule has 0 aliphatic carbocycles. The second-order valence-electron chi connectivity index (χ2n) is 6.46. The number of rotatable bonds is 3. The van der Waals surface area contributed by atoms with Gasteiger partial charge in [0.05, 0.1) is 11.3 Å². The predicted octanol–water partition coefficient (Wildman–Crippen LogP) is 2.96. The van der Waals surface area contributed by atoms with Crippen molar-refractivity contribution in [1.29, 1.82) is 5.26 Å². The van der Waals surface area contributed by atoms with E-state index < -0.39 is 0 Å². The topological polar surface area (TPSA) is 85.2 Å². The molecular weight excluding hydrogens is 326 g/mol. The van der Waals surface area contributed by atoms with Gasteiger partial charge in [0.1, 0.15) is 24.5 Å². The molecule has 0 N–H and O–H groups in total. The molecule has 1 aromatic carbocycles. The van der Waals surface area contributed by atoms with Gasteiger partial charge in [-0.2, -0.15) is 10.4 Å². The second kappa shape index (κ2) is 6.92. The highest BCUT2D eigenvalue weighted by atomic mass is 15.3. The number of aromatic nitrogens is 6. The molecule has 0 saturated carbocycles. The van der Waals surface area contributed by atoms with Crippen molar-refractivity contribution in [2.75, 3.05) is 0 Å². The fraction of sp³-hybridized carbons (Fsp3) is 0.316. The van der Waals surface area contributed by atoms with Crippen molar-refractivity contribution in [2.24, 2.45) is 0 Å². The van der Waals surface area contributed by atoms with Gasteiger partial charge in [-0.15, -0.1) is 10.2 Å². The zero-order chi connectivity index (χ0) is 17.9. The molecule has 130 valence electrons. The van der Waals surface area contributed by atoms with Gasteiger partial charge in [-0.3, -0.25) is 0 Å². The number of hydrogen-bond donors (Lipinski definition) is 0. The molecule has 0 fully saturated rings. The molecular formula is C19H19N7. The summed E-state index contributed by atoms with van der Waals surface area (Å²) in [4.78, 5) is 3.98. The molecule has 26 heavy (non-hydrogen) atoms. The van der Waals surface area contributed by atoms with Crippen LogP contribution in [0.4, 0.5) is 0 Å². The molecule has 0 spiro atoms. The van der Waals surface area contributed by atoms with Gasteiger partial charge in [-0.25, -0.2) is 9.67 Å². The van der Waals surface area contributed by atoms with Crippen LogP contribution in [0, 0.1) is 18.3 Å². The SMILES string of the molecule is Cc1cc(/C=C(\C#N)c2nnc3n2CCCCC3)ccc1-n1cncn1. The van der Waals surface area contributed by atoms with E-state index in [1.807, 2.05) is 31.2 Å². The lowest BCUT2D eigenvalue weighted by Gasteiger charge is -2.08. The summed E-state index contributed by atoms with van der Waals surface area (Å²) in [6.07, 6.45) is 9.41. The second-order valence-corrected chi connectivity index (χ2v) is 6.46. The van der Waals surface area contributed by atoms with Gasteiger partial charge < -0.3 is 4.57 Å². The van der Waals surface area contributed by atoms with Gasteiger partial charge in [-0.1, -0.05) is 12.5 Å². The number of nitriles is 1. The summed E-state index contributed by atoms with van der Waals surface area (Å²) in [5, 5.41) is 22.4. The van der Waals surface area contributed by atoms with Crippen LogP contribution in [0.2, 0.25) is 0 Å². The Labute approximate surface area is 151 Å². The standard InChI is InChI=1S/C19H19N7/c1-14-9-15(6-7-17(14)26-13-21-12-22-26)10-16(11-20)19-24-23-18-5-3-2-4-8-25(18)19/h6-7,9-10,12-13H,2-5,8H2,1H3/b16-10+. The van der Waals surface area contributed by atoms with Gasteiger partial charge in [0, 0.05) is 13.0 Å². The predicted molar refractivity (Wildman–Crippen MR) is 97.2 cm³/mol. The van der Waals surface area contributed by atoms with Crippen LogP contribution in [0.25, 0.3) is 17.3 Å². The van der Waals surface area contributed by atoms with Crippen LogP contribution >= 0.6 is 0 Å². The first-order valence-corrected chi connectivity index (χ1v) is 8.76. The van der Waals surface area contributed by atoms with Crippen molar-refractivity contribution in [3.63, 3.8) is 0 Å². The molecule has 0 saturated heterocycles. The Morgan fingerprint density at radius 3 is 2.92 bits per heavy atom. The third kappa shape index (κ3) is 3.02. The van der Waals surface area contributed by atoms with Crippen molar-refractivity contribution in [1.82, 2.24) is 29.5 Å². The largest absolute Gasteiger partial charge is 0.310 e. The molecule has 7 nitrogen and oxygen atoms in total. The summed E-state index contributed by atoms with van der Waals surface area (Å²) in [7, 11) is 0. The molecule has 3 aromatic rings. The van der Waals surface area contributed by atoms with Crippen LogP contribution in [0.3, 0.4) is 0 Å². The fourth-order valence-corrected chi connectivity index (χ4v) is 3.36. The van der Waals surface area contributed by atoms with E-state index in [0.29, 0.717) is 11.4 Å². The van der Waals surface area contributed by atoms with E-state index in [9.17, 15) is 5.26 Å². The van der Waals surface area contributed by atoms with E-state index in [1.165, 1.54) is 12.7 Å². The Bertz CT molecular complexity index is 990. The number of fused-ring (bicyclic) bond motifs is 1. The van der Waals surface area contributed by atoms with Crippen LogP contribution < -0.4 is 0 Å². The normalized spacial score (nSPS) is 14.5. The third-order valence-corrected chi connectivity index (χ3v) is 4.67. The summed E-state index contributed by atoms with van der Waals surface area (Å²) in [5.41, 5.74) is 3.52. The summed E-state index contributed by atoms with van der Waals surface area (Å²) >= 11 is 0. The maximum atomic E-state index is 9.68. The van der Waals surface area contributed by atoms with Crippen molar-refractivity contribution < 1.29 is 0 Å². The minimum atomic E-state index is 0.540. The van der Waals surface area contributed by atoms with Crippen molar-refractivity contribution >= 4 is 11.6 Å². The minimum absolute atomic E-state index is 0.540. The van der Waals surface area contributed by atoms with Gasteiger partial charge in [0.2, 0.25) is 0 Å². The smallest absolute Gasteiger partial charge is 0.174 e. The lowest BCUT2D eigenvalue weighted by molar-refractivity contribution is 0.627. The lowest BCUT2D eigenvalue weighted by Crippen LogP contribution is -2.05. The number of aryl methyl sites for hydroxylation is 2. The first-order valence-electron chi connectivity index (χ1n) is 8.76. The molecule has 0 atom stereocenters. The average molecular weight is 345 g/mol. The first kappa shape index (κ1) is 16.2. The molecule has 0 unspecified atom stereocenters. The summed E-state index contributed by atoms with van der Waals surface area (Å²) in [6.45, 7) is 2.89. The molecule has 1 aliphatic heterocycles. The van der Waals surface area contributed by atoms with E-state index in [1.54, 1.807) is 11.0 Å². The van der Waals surface area contributed by atoms with Crippen LogP contribution in [-0.4, -0.2) is 29.5 Å². The number of benzene rings is 1. The van der Waals surface area contributed by atoms with E-state index in [-0.39, 0.29) is 0 Å². The van der Waals surface area contributed by atoms with Crippen LogP contribution in [0.15, 0.2) is 30.9 Å². The molecule has 1 aliphatic rings. The summed E-state index contributed by atoms with van der Waals surface area (Å²) in [6, 6.07) is 8.29. The zero-order valence-corrected chi connectivity index (χ0v) is 14.6. The Morgan fingerprint density at radius 2 is 2.15 bits per heavy atom. The van der Waals surface area contributed by atoms with Gasteiger partial charge in [-0.05, 0) is 49.1 Å². The summed E-state index contributed by atoms with van der Waals surface area (Å²) in [5.74, 6) is 1.65. The minimum Gasteiger partial charge on any atom is -0.310 e. The van der Waals surface area contributed by atoms with Crippen molar-refractivity contribution in [3.8, 4) is 11.8 Å². The maximum absolute atomic E-state index is 9.68. The van der Waals surface area contributed by atoms with E-state index in [2.05, 4.69) is 30.9 Å². The van der Waals surface area contributed by atoms with E-state index in [4.69, 9.17) is 0 Å². The molecule has 0 amide bonds. The summed E-state index contributed by atoms with van der Waals surface area (Å²) < 4.78 is 3.82. The lowest BCUT2D eigenvalue weighted by atomic mass is 10.1. The van der Waals surface area contributed by atoms with Crippen LogP contribution in [0.1, 0.15) is 42.0 Å². The molecule has 0 radical (unpaired) electrons. The highest BCUT2D eigenvalue weighted by molar-refractivity contribution is 5.87. The van der Waals surface area contributed by atoms with E-state index >= 15 is 0 Å². The fourth-order valence-electron chi connectivity index (χ4n) is 3.36. The van der Waals surface area contributed by atoms with Crippen molar-refractivity contribution in [2.45, 2.75) is 39.2 Å².